The van der Waals surface area contributed by atoms with E-state index < -0.39 is 6.10 Å². The van der Waals surface area contributed by atoms with Crippen LogP contribution in [0.4, 0.5) is 0 Å². The monoisotopic (exact) mass is 350 g/mol. The van der Waals surface area contributed by atoms with Crippen LogP contribution in [0.25, 0.3) is 0 Å². The van der Waals surface area contributed by atoms with E-state index in [2.05, 4.69) is 40.2 Å². The van der Waals surface area contributed by atoms with Crippen molar-refractivity contribution in [3.05, 3.63) is 56.2 Å². The van der Waals surface area contributed by atoms with Gasteiger partial charge in [-0.2, -0.15) is 0 Å². The lowest BCUT2D eigenvalue weighted by Crippen LogP contribution is -2.05. The van der Waals surface area contributed by atoms with Crippen LogP contribution >= 0.6 is 27.3 Å². The van der Waals surface area contributed by atoms with Crippen molar-refractivity contribution in [3.63, 3.8) is 0 Å². The summed E-state index contributed by atoms with van der Waals surface area (Å²) in [5, 5.41) is 10.4. The Morgan fingerprint density at radius 2 is 1.70 bits per heavy atom. The molecule has 0 spiro atoms. The van der Waals surface area contributed by atoms with Crippen LogP contribution in [0.15, 0.2) is 40.2 Å². The summed E-state index contributed by atoms with van der Waals surface area (Å²) in [6.07, 6.45) is 6.24. The second kappa shape index (κ2) is 6.42. The Labute approximate surface area is 132 Å². The first kappa shape index (κ1) is 14.3. The van der Waals surface area contributed by atoms with Crippen molar-refractivity contribution >= 4 is 27.3 Å². The maximum absolute atomic E-state index is 10.4. The minimum Gasteiger partial charge on any atom is -0.383 e. The number of aliphatic hydroxyl groups excluding tert-OH is 1. The molecule has 0 aliphatic heterocycles. The van der Waals surface area contributed by atoms with Gasteiger partial charge >= 0.3 is 0 Å². The highest BCUT2D eigenvalue weighted by Gasteiger charge is 2.17. The van der Waals surface area contributed by atoms with Gasteiger partial charge in [-0.15, -0.1) is 11.3 Å². The molecule has 2 aromatic rings. The molecular formula is C17H19BrOS. The quantitative estimate of drug-likeness (QED) is 0.759. The highest BCUT2D eigenvalue weighted by atomic mass is 79.9. The molecule has 1 aromatic carbocycles. The molecule has 1 aliphatic rings. The largest absolute Gasteiger partial charge is 0.383 e. The molecule has 0 radical (unpaired) electrons. The first-order valence-corrected chi connectivity index (χ1v) is 8.88. The van der Waals surface area contributed by atoms with Crippen LogP contribution in [0, 0.1) is 0 Å². The summed E-state index contributed by atoms with van der Waals surface area (Å²) >= 11 is 5.03. The lowest BCUT2D eigenvalue weighted by molar-refractivity contribution is 0.224. The van der Waals surface area contributed by atoms with Crippen LogP contribution in [-0.2, 0) is 0 Å². The van der Waals surface area contributed by atoms with Crippen LogP contribution in [0.1, 0.15) is 60.1 Å². The standard InChI is InChI=1S/C17H19BrOS/c18-16-11-10-15(20-16)17(19)14-8-6-13(7-9-14)12-4-2-1-3-5-12/h6-12,17,19H,1-5H2. The fraction of sp³-hybridized carbons (Fsp3) is 0.412. The Bertz CT molecular complexity index is 555. The van der Waals surface area contributed by atoms with Gasteiger partial charge in [-0.25, -0.2) is 0 Å². The highest BCUT2D eigenvalue weighted by molar-refractivity contribution is 9.11. The lowest BCUT2D eigenvalue weighted by atomic mass is 9.84. The van der Waals surface area contributed by atoms with E-state index in [9.17, 15) is 5.11 Å². The number of hydrogen-bond acceptors (Lipinski definition) is 2. The number of rotatable bonds is 3. The summed E-state index contributed by atoms with van der Waals surface area (Å²) in [6.45, 7) is 0. The average Bonchev–Trinajstić information content (AvgIpc) is 2.94. The van der Waals surface area contributed by atoms with Crippen LogP contribution in [-0.4, -0.2) is 5.11 Å². The third-order valence-electron chi connectivity index (χ3n) is 4.19. The van der Waals surface area contributed by atoms with Gasteiger partial charge in [0, 0.05) is 4.88 Å². The van der Waals surface area contributed by atoms with E-state index in [1.807, 2.05) is 12.1 Å². The van der Waals surface area contributed by atoms with Gasteiger partial charge in [0.15, 0.2) is 0 Å². The molecular weight excluding hydrogens is 332 g/mol. The van der Waals surface area contributed by atoms with Crippen molar-refractivity contribution in [2.75, 3.05) is 0 Å². The summed E-state index contributed by atoms with van der Waals surface area (Å²) in [5.74, 6) is 0.728. The Morgan fingerprint density at radius 1 is 1.00 bits per heavy atom. The van der Waals surface area contributed by atoms with Gasteiger partial charge < -0.3 is 5.11 Å². The minimum absolute atomic E-state index is 0.508. The van der Waals surface area contributed by atoms with E-state index in [0.29, 0.717) is 0 Å². The molecule has 3 rings (SSSR count). The average molecular weight is 351 g/mol. The van der Waals surface area contributed by atoms with Crippen molar-refractivity contribution in [1.29, 1.82) is 0 Å². The summed E-state index contributed by atoms with van der Waals surface area (Å²) in [6, 6.07) is 12.5. The van der Waals surface area contributed by atoms with E-state index in [1.165, 1.54) is 37.7 Å². The highest BCUT2D eigenvalue weighted by Crippen LogP contribution is 2.35. The zero-order valence-electron chi connectivity index (χ0n) is 11.4. The molecule has 1 atom stereocenters. The summed E-state index contributed by atoms with van der Waals surface area (Å²) in [4.78, 5) is 0.988. The van der Waals surface area contributed by atoms with Crippen LogP contribution in [0.3, 0.4) is 0 Å². The Morgan fingerprint density at radius 3 is 2.30 bits per heavy atom. The number of halogens is 1. The fourth-order valence-electron chi connectivity index (χ4n) is 3.03. The Balaban J connectivity index is 1.75. The fourth-order valence-corrected chi connectivity index (χ4v) is 4.46. The SMILES string of the molecule is OC(c1ccc(C2CCCCC2)cc1)c1ccc(Br)s1. The molecule has 1 nitrogen and oxygen atoms in total. The Kier molecular flexibility index (Phi) is 4.59. The predicted molar refractivity (Wildman–Crippen MR) is 88.3 cm³/mol. The maximum Gasteiger partial charge on any atom is 0.113 e. The molecule has 1 saturated carbocycles. The zero-order chi connectivity index (χ0) is 13.9. The van der Waals surface area contributed by atoms with Crippen LogP contribution in [0.2, 0.25) is 0 Å². The van der Waals surface area contributed by atoms with E-state index in [1.54, 1.807) is 11.3 Å². The molecule has 1 aliphatic carbocycles. The van der Waals surface area contributed by atoms with E-state index >= 15 is 0 Å². The molecule has 0 bridgehead atoms. The molecule has 1 unspecified atom stereocenters. The Hall–Kier alpha value is -0.640. The minimum atomic E-state index is -0.508. The summed E-state index contributed by atoms with van der Waals surface area (Å²) < 4.78 is 1.06. The number of benzene rings is 1. The number of hydrogen-bond donors (Lipinski definition) is 1. The molecule has 0 saturated heterocycles. The maximum atomic E-state index is 10.4. The molecule has 106 valence electrons. The third-order valence-corrected chi connectivity index (χ3v) is 5.87. The second-order valence-electron chi connectivity index (χ2n) is 5.55. The van der Waals surface area contributed by atoms with Gasteiger partial charge in [-0.1, -0.05) is 43.5 Å². The molecule has 1 aromatic heterocycles. The van der Waals surface area contributed by atoms with Crippen LogP contribution < -0.4 is 0 Å². The third kappa shape index (κ3) is 3.16. The number of thiophene rings is 1. The van der Waals surface area contributed by atoms with Crippen molar-refractivity contribution in [2.45, 2.75) is 44.1 Å². The molecule has 1 N–H and O–H groups in total. The smallest absolute Gasteiger partial charge is 0.113 e. The van der Waals surface area contributed by atoms with Gasteiger partial charge in [0.25, 0.3) is 0 Å². The van der Waals surface area contributed by atoms with E-state index in [4.69, 9.17) is 0 Å². The lowest BCUT2D eigenvalue weighted by Gasteiger charge is -2.22. The van der Waals surface area contributed by atoms with Crippen LogP contribution in [0.5, 0.6) is 0 Å². The first-order chi connectivity index (χ1) is 9.74. The van der Waals surface area contributed by atoms with E-state index in [-0.39, 0.29) is 0 Å². The van der Waals surface area contributed by atoms with Gasteiger partial charge in [-0.05, 0) is 57.9 Å². The predicted octanol–water partition coefficient (Wildman–Crippen LogP) is 5.64. The molecule has 0 amide bonds. The zero-order valence-corrected chi connectivity index (χ0v) is 13.8. The van der Waals surface area contributed by atoms with Crippen molar-refractivity contribution in [3.8, 4) is 0 Å². The van der Waals surface area contributed by atoms with Gasteiger partial charge in [0.05, 0.1) is 3.79 Å². The molecule has 1 heterocycles. The molecule has 1 fully saturated rings. The summed E-state index contributed by atoms with van der Waals surface area (Å²) in [7, 11) is 0. The van der Waals surface area contributed by atoms with Crippen molar-refractivity contribution in [2.24, 2.45) is 0 Å². The van der Waals surface area contributed by atoms with Gasteiger partial charge in [0.1, 0.15) is 6.10 Å². The van der Waals surface area contributed by atoms with Gasteiger partial charge in [-0.3, -0.25) is 0 Å². The van der Waals surface area contributed by atoms with Crippen molar-refractivity contribution in [1.82, 2.24) is 0 Å². The second-order valence-corrected chi connectivity index (χ2v) is 8.04. The normalized spacial score (nSPS) is 18.1. The summed E-state index contributed by atoms with van der Waals surface area (Å²) in [5.41, 5.74) is 2.42. The molecule has 3 heteroatoms. The van der Waals surface area contributed by atoms with E-state index in [0.717, 1.165) is 20.1 Å². The first-order valence-electron chi connectivity index (χ1n) is 7.27. The van der Waals surface area contributed by atoms with Crippen molar-refractivity contribution < 1.29 is 5.11 Å². The number of aliphatic hydroxyl groups is 1. The van der Waals surface area contributed by atoms with Gasteiger partial charge in [0.2, 0.25) is 0 Å². The topological polar surface area (TPSA) is 20.2 Å². The molecule has 20 heavy (non-hydrogen) atoms.